The number of carbonyl (C=O) groups is 3. The number of rotatable bonds is 10. The van der Waals surface area contributed by atoms with Crippen molar-refractivity contribution in [1.29, 1.82) is 0 Å². The Kier molecular flexibility index (Phi) is 9.13. The molecule has 0 radical (unpaired) electrons. The highest BCUT2D eigenvalue weighted by molar-refractivity contribution is 7.40. The first-order chi connectivity index (χ1) is 11.0. The predicted octanol–water partition coefficient (Wildman–Crippen LogP) is -1.28. The summed E-state index contributed by atoms with van der Waals surface area (Å²) in [6.45, 7) is 4.56. The van der Waals surface area contributed by atoms with Crippen molar-refractivity contribution in [2.24, 2.45) is 11.5 Å². The van der Waals surface area contributed by atoms with E-state index in [1.807, 2.05) is 0 Å². The number of nitrogens with one attached hydrogen (secondary N) is 2. The molecule has 11 heteroatoms. The Morgan fingerprint density at radius 2 is 1.75 bits per heavy atom. The Morgan fingerprint density at radius 3 is 2.08 bits per heavy atom. The molecule has 0 aromatic rings. The molecule has 24 heavy (non-hydrogen) atoms. The van der Waals surface area contributed by atoms with Gasteiger partial charge in [-0.1, -0.05) is 13.3 Å². The Balaban J connectivity index is 5.48. The Morgan fingerprint density at radius 1 is 1.21 bits per heavy atom. The fraction of sp³-hybridized carbons (Fsp3) is 0.769. The van der Waals surface area contributed by atoms with Gasteiger partial charge in [-0.15, -0.1) is 0 Å². The van der Waals surface area contributed by atoms with Gasteiger partial charge in [0.1, 0.15) is 11.3 Å². The molecule has 0 fully saturated rings. The zero-order valence-electron chi connectivity index (χ0n) is 14.0. The minimum atomic E-state index is -3.54. The summed E-state index contributed by atoms with van der Waals surface area (Å²) in [5, 5.41) is 11.7. The smallest absolute Gasteiger partial charge is 0.306 e. The lowest BCUT2D eigenvalue weighted by molar-refractivity contribution is -0.139. The summed E-state index contributed by atoms with van der Waals surface area (Å²) >= 11 is 0. The first kappa shape index (κ1) is 22.5. The number of hydrogen-bond acceptors (Lipinski definition) is 6. The first-order valence-corrected chi connectivity index (χ1v) is 8.92. The van der Waals surface area contributed by atoms with Crippen LogP contribution in [-0.4, -0.2) is 51.2 Å². The number of carboxylic acid groups (broad SMARTS) is 1. The lowest BCUT2D eigenvalue weighted by atomic mass is 10.0. The van der Waals surface area contributed by atoms with Crippen molar-refractivity contribution >= 4 is 25.8 Å². The Hall–Kier alpha value is -1.48. The van der Waals surface area contributed by atoms with Gasteiger partial charge in [-0.05, 0) is 20.3 Å². The Labute approximate surface area is 141 Å². The van der Waals surface area contributed by atoms with Crippen LogP contribution in [0.3, 0.4) is 0 Å². The average molecular weight is 366 g/mol. The summed E-state index contributed by atoms with van der Waals surface area (Å²) in [6, 6.07) is -2.95. The van der Waals surface area contributed by atoms with E-state index in [4.69, 9.17) is 16.6 Å². The van der Waals surface area contributed by atoms with Crippen LogP contribution in [0.5, 0.6) is 0 Å². The number of nitrogens with two attached hydrogens (primary N) is 2. The van der Waals surface area contributed by atoms with Crippen molar-refractivity contribution in [1.82, 2.24) is 10.6 Å². The van der Waals surface area contributed by atoms with Crippen LogP contribution in [-0.2, 0) is 18.9 Å². The number of carbonyl (C=O) groups excluding carboxylic acids is 2. The van der Waals surface area contributed by atoms with Gasteiger partial charge in [0.05, 0.1) is 12.5 Å². The molecule has 5 atom stereocenters. The molecule has 0 rings (SSSR count). The fourth-order valence-corrected chi connectivity index (χ4v) is 2.97. The summed E-state index contributed by atoms with van der Waals surface area (Å²) in [5.74, 6) is -2.73. The molecular formula is C13H27N4O6P. The van der Waals surface area contributed by atoms with Crippen LogP contribution in [0, 0.1) is 0 Å². The van der Waals surface area contributed by atoms with E-state index < -0.39 is 55.6 Å². The van der Waals surface area contributed by atoms with E-state index in [-0.39, 0.29) is 6.42 Å². The van der Waals surface area contributed by atoms with Crippen LogP contribution in [0.25, 0.3) is 0 Å². The molecule has 0 aromatic heterocycles. The van der Waals surface area contributed by atoms with Gasteiger partial charge in [0.15, 0.2) is 0 Å². The first-order valence-electron chi connectivity index (χ1n) is 7.56. The molecule has 0 aliphatic carbocycles. The largest absolute Gasteiger partial charge is 0.481 e. The van der Waals surface area contributed by atoms with E-state index in [1.54, 1.807) is 6.92 Å². The second-order valence-electron chi connectivity index (χ2n) is 5.76. The molecule has 8 N–H and O–H groups in total. The zero-order valence-corrected chi connectivity index (χ0v) is 15.0. The average Bonchev–Trinajstić information content (AvgIpc) is 2.44. The molecule has 0 bridgehead atoms. The Bertz CT molecular complexity index is 499. The maximum atomic E-state index is 12.4. The second-order valence-corrected chi connectivity index (χ2v) is 7.27. The van der Waals surface area contributed by atoms with Crippen LogP contribution < -0.4 is 22.1 Å². The highest BCUT2D eigenvalue weighted by Gasteiger charge is 2.44. The van der Waals surface area contributed by atoms with E-state index in [0.29, 0.717) is 6.42 Å². The topological polar surface area (TPSA) is 185 Å². The predicted molar refractivity (Wildman–Crippen MR) is 88.5 cm³/mol. The van der Waals surface area contributed by atoms with E-state index >= 15 is 0 Å². The minimum Gasteiger partial charge on any atom is -0.481 e. The molecule has 10 nitrogen and oxygen atoms in total. The van der Waals surface area contributed by atoms with Gasteiger partial charge in [-0.2, -0.15) is 0 Å². The highest BCUT2D eigenvalue weighted by atomic mass is 31.1. The lowest BCUT2D eigenvalue weighted by Gasteiger charge is -2.35. The summed E-state index contributed by atoms with van der Waals surface area (Å²) in [4.78, 5) is 44.8. The summed E-state index contributed by atoms with van der Waals surface area (Å²) in [7, 11) is -3.54. The van der Waals surface area contributed by atoms with E-state index in [0.717, 1.165) is 0 Å². The van der Waals surface area contributed by atoms with Crippen molar-refractivity contribution in [3.63, 3.8) is 0 Å². The fourth-order valence-electron chi connectivity index (χ4n) is 2.05. The maximum Gasteiger partial charge on any atom is 0.306 e. The molecular weight excluding hydrogens is 339 g/mol. The molecule has 0 aliphatic heterocycles. The number of amides is 2. The van der Waals surface area contributed by atoms with Gasteiger partial charge in [0, 0.05) is 6.04 Å². The quantitative estimate of drug-likeness (QED) is 0.258. The molecule has 140 valence electrons. The molecule has 3 unspecified atom stereocenters. The van der Waals surface area contributed by atoms with Crippen LogP contribution in [0.4, 0.5) is 0 Å². The van der Waals surface area contributed by atoms with Crippen molar-refractivity contribution in [2.45, 2.75) is 63.4 Å². The van der Waals surface area contributed by atoms with Gasteiger partial charge in [0.25, 0.3) is 0 Å². The van der Waals surface area contributed by atoms with Gasteiger partial charge < -0.3 is 32.1 Å². The molecule has 0 aliphatic rings. The summed E-state index contributed by atoms with van der Waals surface area (Å²) in [5.41, 5.74) is 11.1. The van der Waals surface area contributed by atoms with Crippen LogP contribution in [0.15, 0.2) is 0 Å². The molecule has 2 amide bonds. The molecule has 0 spiro atoms. The normalized spacial score (nSPS) is 18.6. The second kappa shape index (κ2) is 9.73. The summed E-state index contributed by atoms with van der Waals surface area (Å²) in [6.07, 6.45) is -0.0285. The highest BCUT2D eigenvalue weighted by Crippen LogP contribution is 2.38. The third kappa shape index (κ3) is 6.20. The molecule has 0 saturated heterocycles. The van der Waals surface area contributed by atoms with E-state index in [1.165, 1.54) is 13.8 Å². The van der Waals surface area contributed by atoms with Gasteiger partial charge in [0.2, 0.25) is 19.8 Å². The van der Waals surface area contributed by atoms with Crippen molar-refractivity contribution in [3.8, 4) is 0 Å². The van der Waals surface area contributed by atoms with Crippen LogP contribution in [0.2, 0.25) is 0 Å². The maximum absolute atomic E-state index is 12.4. The van der Waals surface area contributed by atoms with Crippen molar-refractivity contribution in [2.75, 3.05) is 0 Å². The van der Waals surface area contributed by atoms with Crippen LogP contribution >= 0.6 is 8.03 Å². The third-order valence-electron chi connectivity index (χ3n) is 3.56. The van der Waals surface area contributed by atoms with E-state index in [2.05, 4.69) is 10.6 Å². The molecule has 0 heterocycles. The zero-order chi connectivity index (χ0) is 19.1. The third-order valence-corrected chi connectivity index (χ3v) is 5.08. The van der Waals surface area contributed by atoms with Gasteiger partial charge in [-0.3, -0.25) is 18.9 Å². The minimum absolute atomic E-state index is 0.249. The molecule has 0 saturated carbocycles. The standard InChI is InChI=1S/C13H27N4O6P/c1-4-5-9(16-11(20)7(2)14)12(21)17-13(8(3)15,24(22)23)6-10(18)19/h7-9,24H,4-6,14-15H2,1-3H3,(H,16,20)(H,17,21)(H,18,19)(H,22,23)/t7-,8?,9-,13?/m0/s1. The number of carboxylic acids is 1. The number of hydrogen-bond donors (Lipinski definition) is 6. The number of aliphatic carboxylic acids is 1. The molecule has 0 aromatic carbocycles. The van der Waals surface area contributed by atoms with E-state index in [9.17, 15) is 23.8 Å². The van der Waals surface area contributed by atoms with Crippen molar-refractivity contribution < 1.29 is 28.9 Å². The van der Waals surface area contributed by atoms with Gasteiger partial charge >= 0.3 is 5.97 Å². The van der Waals surface area contributed by atoms with Crippen molar-refractivity contribution in [3.05, 3.63) is 0 Å². The monoisotopic (exact) mass is 366 g/mol. The lowest BCUT2D eigenvalue weighted by Crippen LogP contribution is -2.61. The SMILES string of the molecule is CCC[C@H](NC(=O)[C@H](C)N)C(=O)NC(CC(=O)O)(C(C)N)[PH](=O)O. The van der Waals surface area contributed by atoms with Crippen LogP contribution in [0.1, 0.15) is 40.0 Å². The van der Waals surface area contributed by atoms with Gasteiger partial charge in [-0.25, -0.2) is 0 Å². The summed E-state index contributed by atoms with van der Waals surface area (Å²) < 4.78 is 11.8.